The van der Waals surface area contributed by atoms with Crippen LogP contribution in [0.15, 0.2) is 0 Å². The first-order valence-corrected chi connectivity index (χ1v) is 5.07. The van der Waals surface area contributed by atoms with Crippen molar-refractivity contribution in [3.63, 3.8) is 0 Å². The van der Waals surface area contributed by atoms with Gasteiger partial charge in [0.15, 0.2) is 0 Å². The first kappa shape index (κ1) is 13.2. The van der Waals surface area contributed by atoms with E-state index in [1.807, 2.05) is 13.8 Å². The summed E-state index contributed by atoms with van der Waals surface area (Å²) in [6.07, 6.45) is -0.368. The molecule has 0 heterocycles. The van der Waals surface area contributed by atoms with Gasteiger partial charge >= 0.3 is 0 Å². The molecule has 0 aliphatic rings. The standard InChI is InChI=1S/C9H19ClO3/c1-7(11)5-12-9(3)6-13-8(2)4-10/h7-9,11H,4-6H2,1-3H3. The van der Waals surface area contributed by atoms with E-state index in [-0.39, 0.29) is 12.2 Å². The number of hydrogen-bond donors (Lipinski definition) is 1. The Bertz CT molecular complexity index is 119. The second-order valence-electron chi connectivity index (χ2n) is 3.29. The maximum absolute atomic E-state index is 8.94. The Kier molecular flexibility index (Phi) is 7.66. The van der Waals surface area contributed by atoms with E-state index in [2.05, 4.69) is 0 Å². The lowest BCUT2D eigenvalue weighted by molar-refractivity contribution is -0.0487. The van der Waals surface area contributed by atoms with E-state index < -0.39 is 6.10 Å². The molecule has 0 fully saturated rings. The molecule has 3 atom stereocenters. The number of alkyl halides is 1. The molecular formula is C9H19ClO3. The van der Waals surface area contributed by atoms with Crippen LogP contribution in [-0.2, 0) is 9.47 Å². The van der Waals surface area contributed by atoms with Crippen LogP contribution >= 0.6 is 11.6 Å². The van der Waals surface area contributed by atoms with Gasteiger partial charge in [-0.2, -0.15) is 0 Å². The second kappa shape index (κ2) is 7.56. The molecule has 0 saturated heterocycles. The van der Waals surface area contributed by atoms with Gasteiger partial charge in [-0.15, -0.1) is 11.6 Å². The van der Waals surface area contributed by atoms with Gasteiger partial charge in [-0.1, -0.05) is 0 Å². The van der Waals surface area contributed by atoms with Crippen molar-refractivity contribution in [2.75, 3.05) is 19.1 Å². The van der Waals surface area contributed by atoms with Gasteiger partial charge in [0.2, 0.25) is 0 Å². The van der Waals surface area contributed by atoms with E-state index in [4.69, 9.17) is 26.2 Å². The van der Waals surface area contributed by atoms with E-state index in [1.165, 1.54) is 0 Å². The fourth-order valence-electron chi connectivity index (χ4n) is 0.696. The van der Waals surface area contributed by atoms with Gasteiger partial charge in [0, 0.05) is 5.88 Å². The molecule has 0 aromatic heterocycles. The smallest absolute Gasteiger partial charge is 0.0781 e. The SMILES string of the molecule is CC(O)COC(C)COC(C)CCl. The van der Waals surface area contributed by atoms with Crippen LogP contribution in [0, 0.1) is 0 Å². The van der Waals surface area contributed by atoms with Crippen LogP contribution in [0.5, 0.6) is 0 Å². The average molecular weight is 211 g/mol. The Morgan fingerprint density at radius 1 is 1.08 bits per heavy atom. The lowest BCUT2D eigenvalue weighted by Gasteiger charge is -2.16. The molecule has 3 unspecified atom stereocenters. The summed E-state index contributed by atoms with van der Waals surface area (Å²) in [5.74, 6) is 0.489. The van der Waals surface area contributed by atoms with Crippen molar-refractivity contribution >= 4 is 11.6 Å². The van der Waals surface area contributed by atoms with Crippen LogP contribution < -0.4 is 0 Å². The molecule has 4 heteroatoms. The predicted octanol–water partition coefficient (Wildman–Crippen LogP) is 1.42. The molecule has 0 amide bonds. The number of rotatable bonds is 7. The third-order valence-electron chi connectivity index (χ3n) is 1.45. The molecule has 0 aromatic carbocycles. The number of halogens is 1. The number of aliphatic hydroxyl groups excluding tert-OH is 1. The van der Waals surface area contributed by atoms with Gasteiger partial charge in [-0.05, 0) is 20.8 Å². The highest BCUT2D eigenvalue weighted by atomic mass is 35.5. The van der Waals surface area contributed by atoms with Crippen LogP contribution in [0.4, 0.5) is 0 Å². The van der Waals surface area contributed by atoms with E-state index in [0.717, 1.165) is 0 Å². The van der Waals surface area contributed by atoms with Crippen molar-refractivity contribution in [3.8, 4) is 0 Å². The van der Waals surface area contributed by atoms with Crippen molar-refractivity contribution in [1.82, 2.24) is 0 Å². The fraction of sp³-hybridized carbons (Fsp3) is 1.00. The molecule has 0 radical (unpaired) electrons. The van der Waals surface area contributed by atoms with Gasteiger partial charge in [0.1, 0.15) is 0 Å². The van der Waals surface area contributed by atoms with Crippen molar-refractivity contribution in [1.29, 1.82) is 0 Å². The van der Waals surface area contributed by atoms with Gasteiger partial charge in [0.25, 0.3) is 0 Å². The molecule has 0 bridgehead atoms. The van der Waals surface area contributed by atoms with E-state index in [9.17, 15) is 0 Å². The highest BCUT2D eigenvalue weighted by molar-refractivity contribution is 6.18. The molecular weight excluding hydrogens is 192 g/mol. The van der Waals surface area contributed by atoms with Crippen molar-refractivity contribution in [2.45, 2.75) is 39.1 Å². The average Bonchev–Trinajstić information content (AvgIpc) is 2.10. The maximum atomic E-state index is 8.94. The molecule has 0 aromatic rings. The molecule has 0 rings (SSSR count). The van der Waals surface area contributed by atoms with Crippen molar-refractivity contribution in [2.24, 2.45) is 0 Å². The molecule has 0 aliphatic carbocycles. The Morgan fingerprint density at radius 3 is 2.08 bits per heavy atom. The zero-order valence-electron chi connectivity index (χ0n) is 8.50. The summed E-state index contributed by atoms with van der Waals surface area (Å²) in [6.45, 7) is 6.37. The molecule has 3 nitrogen and oxygen atoms in total. The van der Waals surface area contributed by atoms with Gasteiger partial charge < -0.3 is 14.6 Å². The quantitative estimate of drug-likeness (QED) is 0.646. The zero-order valence-corrected chi connectivity index (χ0v) is 9.25. The Morgan fingerprint density at radius 2 is 1.62 bits per heavy atom. The first-order chi connectivity index (χ1) is 6.06. The minimum atomic E-state index is -0.423. The molecule has 13 heavy (non-hydrogen) atoms. The van der Waals surface area contributed by atoms with E-state index >= 15 is 0 Å². The first-order valence-electron chi connectivity index (χ1n) is 4.53. The van der Waals surface area contributed by atoms with E-state index in [0.29, 0.717) is 19.1 Å². The summed E-state index contributed by atoms with van der Waals surface area (Å²) < 4.78 is 10.6. The monoisotopic (exact) mass is 210 g/mol. The summed E-state index contributed by atoms with van der Waals surface area (Å²) >= 11 is 5.56. The fourth-order valence-corrected chi connectivity index (χ4v) is 0.785. The maximum Gasteiger partial charge on any atom is 0.0781 e. The lowest BCUT2D eigenvalue weighted by atomic mass is 10.4. The number of aliphatic hydroxyl groups is 1. The second-order valence-corrected chi connectivity index (χ2v) is 3.60. The summed E-state index contributed by atoms with van der Waals surface area (Å²) in [7, 11) is 0. The van der Waals surface area contributed by atoms with Gasteiger partial charge in [0.05, 0.1) is 31.5 Å². The minimum Gasteiger partial charge on any atom is -0.391 e. The molecule has 0 saturated carbocycles. The van der Waals surface area contributed by atoms with Crippen LogP contribution in [-0.4, -0.2) is 42.5 Å². The van der Waals surface area contributed by atoms with Gasteiger partial charge in [-0.3, -0.25) is 0 Å². The summed E-state index contributed by atoms with van der Waals surface area (Å²) in [5, 5.41) is 8.94. The third-order valence-corrected chi connectivity index (χ3v) is 1.89. The minimum absolute atomic E-state index is 0.000247. The largest absolute Gasteiger partial charge is 0.391 e. The number of hydrogen-bond acceptors (Lipinski definition) is 3. The van der Waals surface area contributed by atoms with Crippen LogP contribution in [0.2, 0.25) is 0 Å². The highest BCUT2D eigenvalue weighted by Crippen LogP contribution is 1.99. The summed E-state index contributed by atoms with van der Waals surface area (Å²) in [5.41, 5.74) is 0. The Labute approximate surface area is 85.0 Å². The predicted molar refractivity (Wildman–Crippen MR) is 53.2 cm³/mol. The third kappa shape index (κ3) is 8.50. The number of ether oxygens (including phenoxy) is 2. The van der Waals surface area contributed by atoms with Crippen molar-refractivity contribution in [3.05, 3.63) is 0 Å². The Hall–Kier alpha value is 0.170. The molecule has 0 aliphatic heterocycles. The molecule has 0 spiro atoms. The highest BCUT2D eigenvalue weighted by Gasteiger charge is 2.06. The molecule has 80 valence electrons. The lowest BCUT2D eigenvalue weighted by Crippen LogP contribution is -2.24. The molecule has 1 N–H and O–H groups in total. The topological polar surface area (TPSA) is 38.7 Å². The van der Waals surface area contributed by atoms with Crippen molar-refractivity contribution < 1.29 is 14.6 Å². The van der Waals surface area contributed by atoms with Crippen LogP contribution in [0.25, 0.3) is 0 Å². The van der Waals surface area contributed by atoms with Gasteiger partial charge in [-0.25, -0.2) is 0 Å². The van der Waals surface area contributed by atoms with Crippen LogP contribution in [0.1, 0.15) is 20.8 Å². The van der Waals surface area contributed by atoms with Crippen LogP contribution in [0.3, 0.4) is 0 Å². The summed E-state index contributed by atoms with van der Waals surface area (Å²) in [6, 6.07) is 0. The Balaban J connectivity index is 3.34. The summed E-state index contributed by atoms with van der Waals surface area (Å²) in [4.78, 5) is 0. The normalized spacial score (nSPS) is 18.2. The van der Waals surface area contributed by atoms with E-state index in [1.54, 1.807) is 6.92 Å². The zero-order chi connectivity index (χ0) is 10.3.